The summed E-state index contributed by atoms with van der Waals surface area (Å²) in [6, 6.07) is 6.23. The summed E-state index contributed by atoms with van der Waals surface area (Å²) in [4.78, 5) is 2.50. The first-order valence-corrected chi connectivity index (χ1v) is 8.09. The van der Waals surface area contributed by atoms with Gasteiger partial charge in [0.15, 0.2) is 0 Å². The molecule has 2 fully saturated rings. The van der Waals surface area contributed by atoms with Crippen LogP contribution in [0.5, 0.6) is 0 Å². The molecule has 3 unspecified atom stereocenters. The SMILES string of the molecule is CN1C2CCC1CC(C(Cc1c(F)cccc1Cl)NN)C2. The van der Waals surface area contributed by atoms with Gasteiger partial charge in [-0.15, -0.1) is 0 Å². The standard InChI is InChI=1S/C16H23ClFN3/c1-21-11-5-6-12(21)8-10(7-11)16(20-19)9-13-14(17)3-2-4-15(13)18/h2-4,10-12,16,20H,5-9,19H2,1H3. The fourth-order valence-corrected chi connectivity index (χ4v) is 4.33. The molecule has 5 heteroatoms. The van der Waals surface area contributed by atoms with Crippen molar-refractivity contribution in [3.63, 3.8) is 0 Å². The Bertz CT molecular complexity index is 476. The van der Waals surface area contributed by atoms with E-state index in [2.05, 4.69) is 17.4 Å². The van der Waals surface area contributed by atoms with E-state index >= 15 is 0 Å². The molecule has 2 saturated heterocycles. The average molecular weight is 312 g/mol. The minimum atomic E-state index is -0.237. The minimum Gasteiger partial charge on any atom is -0.300 e. The lowest BCUT2D eigenvalue weighted by atomic mass is 9.83. The van der Waals surface area contributed by atoms with Gasteiger partial charge in [0.05, 0.1) is 0 Å². The molecule has 0 aromatic heterocycles. The number of hydrogen-bond acceptors (Lipinski definition) is 3. The van der Waals surface area contributed by atoms with E-state index in [1.54, 1.807) is 12.1 Å². The molecular formula is C16H23ClFN3. The van der Waals surface area contributed by atoms with Crippen LogP contribution in [0.1, 0.15) is 31.2 Å². The second-order valence-corrected chi connectivity index (χ2v) is 6.87. The highest BCUT2D eigenvalue weighted by Gasteiger charge is 2.40. The van der Waals surface area contributed by atoms with Gasteiger partial charge in [0.2, 0.25) is 0 Å². The highest BCUT2D eigenvalue weighted by atomic mass is 35.5. The lowest BCUT2D eigenvalue weighted by molar-refractivity contribution is 0.112. The van der Waals surface area contributed by atoms with Crippen LogP contribution in [0.15, 0.2) is 18.2 Å². The lowest BCUT2D eigenvalue weighted by Gasteiger charge is -2.39. The molecule has 0 aliphatic carbocycles. The Labute approximate surface area is 130 Å². The van der Waals surface area contributed by atoms with E-state index in [4.69, 9.17) is 17.4 Å². The summed E-state index contributed by atoms with van der Waals surface area (Å²) in [6.07, 6.45) is 5.36. The molecule has 0 radical (unpaired) electrons. The summed E-state index contributed by atoms with van der Waals surface area (Å²) in [5.41, 5.74) is 3.49. The topological polar surface area (TPSA) is 41.3 Å². The Kier molecular flexibility index (Phi) is 4.50. The third kappa shape index (κ3) is 2.95. The third-order valence-corrected chi connectivity index (χ3v) is 5.76. The number of nitrogens with zero attached hydrogens (tertiary/aromatic N) is 1. The van der Waals surface area contributed by atoms with Gasteiger partial charge in [-0.05, 0) is 57.2 Å². The quantitative estimate of drug-likeness (QED) is 0.663. The van der Waals surface area contributed by atoms with Crippen LogP contribution in [0.4, 0.5) is 4.39 Å². The van der Waals surface area contributed by atoms with Gasteiger partial charge in [-0.25, -0.2) is 4.39 Å². The van der Waals surface area contributed by atoms with E-state index in [1.807, 2.05) is 0 Å². The summed E-state index contributed by atoms with van der Waals surface area (Å²) in [5, 5.41) is 0.492. The number of hydrogen-bond donors (Lipinski definition) is 2. The smallest absolute Gasteiger partial charge is 0.127 e. The molecule has 2 aliphatic heterocycles. The normalized spacial score (nSPS) is 30.6. The number of nitrogens with two attached hydrogens (primary N) is 1. The zero-order valence-electron chi connectivity index (χ0n) is 12.4. The lowest BCUT2D eigenvalue weighted by Crippen LogP contribution is -2.49. The van der Waals surface area contributed by atoms with Crippen LogP contribution >= 0.6 is 11.6 Å². The van der Waals surface area contributed by atoms with E-state index in [1.165, 1.54) is 18.9 Å². The Morgan fingerprint density at radius 1 is 1.38 bits per heavy atom. The van der Waals surface area contributed by atoms with E-state index in [9.17, 15) is 4.39 Å². The van der Waals surface area contributed by atoms with Crippen molar-refractivity contribution in [3.05, 3.63) is 34.6 Å². The average Bonchev–Trinajstić information content (AvgIpc) is 2.69. The maximum absolute atomic E-state index is 14.0. The molecule has 21 heavy (non-hydrogen) atoms. The summed E-state index contributed by atoms with van der Waals surface area (Å²) in [6.45, 7) is 0. The van der Waals surface area contributed by atoms with Crippen LogP contribution < -0.4 is 11.3 Å². The zero-order chi connectivity index (χ0) is 15.0. The third-order valence-electron chi connectivity index (χ3n) is 5.40. The predicted octanol–water partition coefficient (Wildman–Crippen LogP) is 2.73. The van der Waals surface area contributed by atoms with Crippen molar-refractivity contribution in [1.29, 1.82) is 0 Å². The van der Waals surface area contributed by atoms with Gasteiger partial charge in [0.25, 0.3) is 0 Å². The highest BCUT2D eigenvalue weighted by Crippen LogP contribution is 2.39. The first-order chi connectivity index (χ1) is 10.1. The molecule has 1 aromatic rings. The van der Waals surface area contributed by atoms with E-state index in [0.717, 1.165) is 12.8 Å². The molecule has 116 valence electrons. The Hall–Kier alpha value is -0.680. The molecule has 3 rings (SSSR count). The summed E-state index contributed by atoms with van der Waals surface area (Å²) in [5.74, 6) is 6.02. The number of nitrogens with one attached hydrogen (secondary N) is 1. The Balaban J connectivity index is 1.74. The maximum Gasteiger partial charge on any atom is 0.127 e. The summed E-state index contributed by atoms with van der Waals surface area (Å²) >= 11 is 6.15. The zero-order valence-corrected chi connectivity index (χ0v) is 13.1. The first-order valence-electron chi connectivity index (χ1n) is 7.71. The van der Waals surface area contributed by atoms with Crippen molar-refractivity contribution in [2.45, 2.75) is 50.2 Å². The minimum absolute atomic E-state index is 0.0798. The number of fused-ring (bicyclic) bond motifs is 2. The molecule has 1 aromatic carbocycles. The molecule has 2 aliphatic rings. The van der Waals surface area contributed by atoms with Crippen LogP contribution in [-0.2, 0) is 6.42 Å². The van der Waals surface area contributed by atoms with Gasteiger partial charge < -0.3 is 4.90 Å². The molecule has 3 nitrogen and oxygen atoms in total. The molecule has 0 saturated carbocycles. The molecule has 3 atom stereocenters. The number of benzene rings is 1. The van der Waals surface area contributed by atoms with E-state index in [0.29, 0.717) is 35.0 Å². The second-order valence-electron chi connectivity index (χ2n) is 6.46. The number of piperidine rings is 1. The van der Waals surface area contributed by atoms with Gasteiger partial charge in [0, 0.05) is 28.7 Å². The Morgan fingerprint density at radius 3 is 2.62 bits per heavy atom. The summed E-state index contributed by atoms with van der Waals surface area (Å²) < 4.78 is 14.0. The van der Waals surface area contributed by atoms with Gasteiger partial charge in [0.1, 0.15) is 5.82 Å². The largest absolute Gasteiger partial charge is 0.300 e. The van der Waals surface area contributed by atoms with Crippen LogP contribution in [0.25, 0.3) is 0 Å². The van der Waals surface area contributed by atoms with Crippen LogP contribution in [0, 0.1) is 11.7 Å². The first kappa shape index (κ1) is 15.2. The monoisotopic (exact) mass is 311 g/mol. The molecule has 0 spiro atoms. The van der Waals surface area contributed by atoms with Crippen molar-refractivity contribution < 1.29 is 4.39 Å². The number of halogens is 2. The van der Waals surface area contributed by atoms with Crippen molar-refractivity contribution in [1.82, 2.24) is 10.3 Å². The number of rotatable bonds is 4. The van der Waals surface area contributed by atoms with E-state index in [-0.39, 0.29) is 11.9 Å². The molecule has 2 heterocycles. The van der Waals surface area contributed by atoms with Crippen molar-refractivity contribution in [2.24, 2.45) is 11.8 Å². The van der Waals surface area contributed by atoms with Gasteiger partial charge in [-0.1, -0.05) is 17.7 Å². The molecule has 2 bridgehead atoms. The van der Waals surface area contributed by atoms with E-state index < -0.39 is 0 Å². The second kappa shape index (κ2) is 6.21. The summed E-state index contributed by atoms with van der Waals surface area (Å²) in [7, 11) is 2.22. The fraction of sp³-hybridized carbons (Fsp3) is 0.625. The van der Waals surface area contributed by atoms with Crippen LogP contribution in [-0.4, -0.2) is 30.1 Å². The molecular weight excluding hydrogens is 289 g/mol. The van der Waals surface area contributed by atoms with Crippen LogP contribution in [0.3, 0.4) is 0 Å². The van der Waals surface area contributed by atoms with Crippen LogP contribution in [0.2, 0.25) is 5.02 Å². The fourth-order valence-electron chi connectivity index (χ4n) is 4.09. The van der Waals surface area contributed by atoms with Crippen molar-refractivity contribution >= 4 is 11.6 Å². The van der Waals surface area contributed by atoms with Gasteiger partial charge >= 0.3 is 0 Å². The van der Waals surface area contributed by atoms with Gasteiger partial charge in [-0.3, -0.25) is 11.3 Å². The maximum atomic E-state index is 14.0. The molecule has 3 N–H and O–H groups in total. The molecule has 0 amide bonds. The van der Waals surface area contributed by atoms with Crippen molar-refractivity contribution in [3.8, 4) is 0 Å². The number of hydrazine groups is 1. The van der Waals surface area contributed by atoms with Crippen molar-refractivity contribution in [2.75, 3.05) is 7.05 Å². The Morgan fingerprint density at radius 2 is 2.05 bits per heavy atom. The van der Waals surface area contributed by atoms with Gasteiger partial charge in [-0.2, -0.15) is 0 Å². The highest BCUT2D eigenvalue weighted by molar-refractivity contribution is 6.31. The predicted molar refractivity (Wildman–Crippen MR) is 83.5 cm³/mol.